The Hall–Kier alpha value is -1.17. The van der Waals surface area contributed by atoms with Crippen LogP contribution in [-0.2, 0) is 11.3 Å². The zero-order valence-corrected chi connectivity index (χ0v) is 12.9. The number of aromatic nitrogens is 2. The number of morpholine rings is 1. The largest absolute Gasteiger partial charge is 0.374 e. The highest BCUT2D eigenvalue weighted by Gasteiger charge is 2.20. The number of fused-ring (bicyclic) bond motifs is 1. The van der Waals surface area contributed by atoms with E-state index >= 15 is 0 Å². The van der Waals surface area contributed by atoms with E-state index in [2.05, 4.69) is 46.5 Å². The Bertz CT molecular complexity index is 661. The molecule has 1 N–H and O–H groups in total. The number of benzene rings is 1. The number of hydrogen-bond acceptors (Lipinski definition) is 3. The lowest BCUT2D eigenvalue weighted by Crippen LogP contribution is -2.43. The van der Waals surface area contributed by atoms with E-state index in [4.69, 9.17) is 17.0 Å². The maximum Gasteiger partial charge on any atom is 0.178 e. The molecule has 1 aromatic heterocycles. The van der Waals surface area contributed by atoms with Gasteiger partial charge in [0.05, 0.1) is 30.3 Å². The van der Waals surface area contributed by atoms with Gasteiger partial charge in [-0.15, -0.1) is 0 Å². The molecule has 2 heterocycles. The molecule has 1 fully saturated rings. The summed E-state index contributed by atoms with van der Waals surface area (Å²) in [6.07, 6.45) is 0.218. The summed E-state index contributed by atoms with van der Waals surface area (Å²) in [6.45, 7) is 9.03. The van der Waals surface area contributed by atoms with E-state index in [0.29, 0.717) is 0 Å². The van der Waals surface area contributed by atoms with Crippen molar-refractivity contribution in [1.82, 2.24) is 14.5 Å². The van der Waals surface area contributed by atoms with Gasteiger partial charge in [-0.2, -0.15) is 0 Å². The molecule has 0 aliphatic carbocycles. The first-order valence-corrected chi connectivity index (χ1v) is 7.61. The standard InChI is InChI=1S/C15H21N3OS/c1-3-17-6-7-19-12(9-17)10-18-14-8-11(2)4-5-13(14)16-15(18)20/h4-5,8,12H,3,6-7,9-10H2,1-2H3,(H,16,20). The van der Waals surface area contributed by atoms with Crippen molar-refractivity contribution >= 4 is 23.3 Å². The number of nitrogens with zero attached hydrogens (tertiary/aromatic N) is 2. The van der Waals surface area contributed by atoms with Crippen molar-refractivity contribution in [1.29, 1.82) is 0 Å². The molecule has 3 rings (SSSR count). The van der Waals surface area contributed by atoms with Crippen LogP contribution in [0.3, 0.4) is 0 Å². The molecule has 1 aliphatic heterocycles. The minimum atomic E-state index is 0.218. The van der Waals surface area contributed by atoms with Gasteiger partial charge in [0.15, 0.2) is 4.77 Å². The summed E-state index contributed by atoms with van der Waals surface area (Å²) in [5.41, 5.74) is 3.52. The molecule has 0 saturated carbocycles. The molecule has 1 saturated heterocycles. The topological polar surface area (TPSA) is 33.2 Å². The minimum Gasteiger partial charge on any atom is -0.374 e. The molecule has 0 bridgehead atoms. The first kappa shape index (κ1) is 13.8. The fourth-order valence-corrected chi connectivity index (χ4v) is 3.11. The number of rotatable bonds is 3. The van der Waals surface area contributed by atoms with E-state index < -0.39 is 0 Å². The van der Waals surface area contributed by atoms with Crippen LogP contribution in [0.5, 0.6) is 0 Å². The van der Waals surface area contributed by atoms with E-state index in [-0.39, 0.29) is 6.10 Å². The van der Waals surface area contributed by atoms with E-state index in [9.17, 15) is 0 Å². The van der Waals surface area contributed by atoms with Gasteiger partial charge in [-0.1, -0.05) is 13.0 Å². The summed E-state index contributed by atoms with van der Waals surface area (Å²) in [5, 5.41) is 0. The molecule has 1 aliphatic rings. The smallest absolute Gasteiger partial charge is 0.178 e. The average Bonchev–Trinajstić information content (AvgIpc) is 2.75. The number of aryl methyl sites for hydroxylation is 1. The number of H-pyrrole nitrogens is 1. The third-order valence-corrected chi connectivity index (χ3v) is 4.31. The van der Waals surface area contributed by atoms with E-state index in [0.717, 1.165) is 43.1 Å². The van der Waals surface area contributed by atoms with Crippen molar-refractivity contribution in [2.45, 2.75) is 26.5 Å². The van der Waals surface area contributed by atoms with Gasteiger partial charge in [-0.3, -0.25) is 4.90 Å². The van der Waals surface area contributed by atoms with Gasteiger partial charge in [0.1, 0.15) is 0 Å². The highest BCUT2D eigenvalue weighted by Crippen LogP contribution is 2.18. The molecule has 5 heteroatoms. The summed E-state index contributed by atoms with van der Waals surface area (Å²) in [5.74, 6) is 0. The fraction of sp³-hybridized carbons (Fsp3) is 0.533. The van der Waals surface area contributed by atoms with Crippen molar-refractivity contribution < 1.29 is 4.74 Å². The van der Waals surface area contributed by atoms with Gasteiger partial charge in [-0.05, 0) is 43.4 Å². The molecule has 108 valence electrons. The number of likely N-dealkylation sites (N-methyl/N-ethyl adjacent to an activating group) is 1. The van der Waals surface area contributed by atoms with Crippen LogP contribution in [0.1, 0.15) is 12.5 Å². The third-order valence-electron chi connectivity index (χ3n) is 3.99. The van der Waals surface area contributed by atoms with Crippen molar-refractivity contribution in [2.24, 2.45) is 0 Å². The Morgan fingerprint density at radius 3 is 3.10 bits per heavy atom. The number of aromatic amines is 1. The van der Waals surface area contributed by atoms with Crippen molar-refractivity contribution in [3.63, 3.8) is 0 Å². The van der Waals surface area contributed by atoms with Gasteiger partial charge in [0, 0.05) is 13.1 Å². The van der Waals surface area contributed by atoms with E-state index in [1.165, 1.54) is 11.1 Å². The minimum absolute atomic E-state index is 0.218. The molecule has 1 aromatic carbocycles. The lowest BCUT2D eigenvalue weighted by molar-refractivity contribution is -0.0339. The highest BCUT2D eigenvalue weighted by molar-refractivity contribution is 7.71. The summed E-state index contributed by atoms with van der Waals surface area (Å²) < 4.78 is 8.84. The average molecular weight is 291 g/mol. The quantitative estimate of drug-likeness (QED) is 0.883. The number of imidazole rings is 1. The molecule has 20 heavy (non-hydrogen) atoms. The fourth-order valence-electron chi connectivity index (χ4n) is 2.83. The Balaban J connectivity index is 1.88. The van der Waals surface area contributed by atoms with Crippen molar-refractivity contribution in [3.05, 3.63) is 28.5 Å². The van der Waals surface area contributed by atoms with Crippen molar-refractivity contribution in [2.75, 3.05) is 26.2 Å². The molecule has 0 spiro atoms. The molecule has 4 nitrogen and oxygen atoms in total. The second-order valence-electron chi connectivity index (χ2n) is 5.45. The molecule has 2 aromatic rings. The van der Waals surface area contributed by atoms with Crippen LogP contribution in [0.15, 0.2) is 18.2 Å². The van der Waals surface area contributed by atoms with Crippen LogP contribution in [0.4, 0.5) is 0 Å². The summed E-state index contributed by atoms with van der Waals surface area (Å²) >= 11 is 5.46. The molecular formula is C15H21N3OS. The van der Waals surface area contributed by atoms with E-state index in [1.54, 1.807) is 0 Å². The van der Waals surface area contributed by atoms with Crippen molar-refractivity contribution in [3.8, 4) is 0 Å². The second-order valence-corrected chi connectivity index (χ2v) is 5.83. The van der Waals surface area contributed by atoms with Gasteiger partial charge < -0.3 is 14.3 Å². The van der Waals surface area contributed by atoms with Gasteiger partial charge >= 0.3 is 0 Å². The van der Waals surface area contributed by atoms with Crippen LogP contribution >= 0.6 is 12.2 Å². The predicted octanol–water partition coefficient (Wildman–Crippen LogP) is 2.73. The predicted molar refractivity (Wildman–Crippen MR) is 83.7 cm³/mol. The number of ether oxygens (including phenoxy) is 1. The molecule has 1 atom stereocenters. The Morgan fingerprint density at radius 2 is 2.30 bits per heavy atom. The Kier molecular flexibility index (Phi) is 3.92. The SMILES string of the molecule is CCN1CCOC(Cn2c(=S)[nH]c3ccc(C)cc32)C1. The summed E-state index contributed by atoms with van der Waals surface area (Å²) in [4.78, 5) is 5.71. The molecular weight excluding hydrogens is 270 g/mol. The maximum absolute atomic E-state index is 5.89. The first-order valence-electron chi connectivity index (χ1n) is 7.20. The maximum atomic E-state index is 5.89. The normalized spacial score (nSPS) is 20.6. The van der Waals surface area contributed by atoms with Gasteiger partial charge in [0.25, 0.3) is 0 Å². The highest BCUT2D eigenvalue weighted by atomic mass is 32.1. The van der Waals surface area contributed by atoms with Crippen LogP contribution in [0, 0.1) is 11.7 Å². The third kappa shape index (κ3) is 2.66. The molecule has 1 unspecified atom stereocenters. The summed E-state index contributed by atoms with van der Waals surface area (Å²) in [7, 11) is 0. The van der Waals surface area contributed by atoms with Gasteiger partial charge in [0.2, 0.25) is 0 Å². The first-order chi connectivity index (χ1) is 9.67. The molecule has 0 amide bonds. The van der Waals surface area contributed by atoms with Gasteiger partial charge in [-0.25, -0.2) is 0 Å². The summed E-state index contributed by atoms with van der Waals surface area (Å²) in [6, 6.07) is 6.38. The monoisotopic (exact) mass is 291 g/mol. The van der Waals surface area contributed by atoms with E-state index in [1.807, 2.05) is 0 Å². The number of hydrogen-bond donors (Lipinski definition) is 1. The van der Waals surface area contributed by atoms with Crippen LogP contribution < -0.4 is 0 Å². The van der Waals surface area contributed by atoms with Crippen LogP contribution in [-0.4, -0.2) is 46.8 Å². The second kappa shape index (κ2) is 5.68. The lowest BCUT2D eigenvalue weighted by Gasteiger charge is -2.32. The number of nitrogens with one attached hydrogen (secondary N) is 1. The lowest BCUT2D eigenvalue weighted by atomic mass is 10.2. The zero-order chi connectivity index (χ0) is 14.1. The Morgan fingerprint density at radius 1 is 1.45 bits per heavy atom. The molecule has 0 radical (unpaired) electrons. The van der Waals surface area contributed by atoms with Crippen LogP contribution in [0.2, 0.25) is 0 Å². The van der Waals surface area contributed by atoms with Crippen LogP contribution in [0.25, 0.3) is 11.0 Å². The zero-order valence-electron chi connectivity index (χ0n) is 12.1. The Labute approximate surface area is 124 Å².